The highest BCUT2D eigenvalue weighted by Gasteiger charge is 2.12. The van der Waals surface area contributed by atoms with E-state index in [1.807, 2.05) is 45.0 Å². The van der Waals surface area contributed by atoms with Gasteiger partial charge in [-0.2, -0.15) is 0 Å². The fourth-order valence-corrected chi connectivity index (χ4v) is 2.58. The molecular weight excluding hydrogens is 312 g/mol. The van der Waals surface area contributed by atoms with Crippen LogP contribution in [0.25, 0.3) is 11.0 Å². The van der Waals surface area contributed by atoms with Gasteiger partial charge >= 0.3 is 0 Å². The van der Waals surface area contributed by atoms with Crippen LogP contribution in [-0.2, 0) is 11.3 Å². The summed E-state index contributed by atoms with van der Waals surface area (Å²) in [6.07, 6.45) is 0. The van der Waals surface area contributed by atoms with E-state index in [2.05, 4.69) is 15.6 Å². The van der Waals surface area contributed by atoms with Crippen LogP contribution in [0.4, 0.5) is 5.69 Å². The normalized spacial score (nSPS) is 11.0. The molecule has 0 aliphatic carbocycles. The van der Waals surface area contributed by atoms with Crippen LogP contribution in [0.3, 0.4) is 0 Å². The lowest BCUT2D eigenvalue weighted by Gasteiger charge is -2.10. The molecule has 118 valence electrons. The molecular formula is C17H17ClN4O. The van der Waals surface area contributed by atoms with Crippen LogP contribution in [0.1, 0.15) is 16.7 Å². The van der Waals surface area contributed by atoms with Gasteiger partial charge in [0.05, 0.1) is 5.52 Å². The zero-order valence-electron chi connectivity index (χ0n) is 13.2. The number of fused-ring (bicyclic) bond motifs is 1. The van der Waals surface area contributed by atoms with Crippen LogP contribution in [0.15, 0.2) is 30.3 Å². The van der Waals surface area contributed by atoms with Crippen LogP contribution in [-0.4, -0.2) is 20.9 Å². The molecule has 23 heavy (non-hydrogen) atoms. The van der Waals surface area contributed by atoms with E-state index in [4.69, 9.17) is 11.6 Å². The molecule has 0 saturated carbocycles. The first kappa shape index (κ1) is 15.5. The SMILES string of the molecule is Cc1cc2nnn(CC(=O)Nc3cccc(Cl)c3C)c2cc1C. The van der Waals surface area contributed by atoms with Crippen LogP contribution in [0.5, 0.6) is 0 Å². The average molecular weight is 329 g/mol. The van der Waals surface area contributed by atoms with E-state index in [-0.39, 0.29) is 12.5 Å². The van der Waals surface area contributed by atoms with Crippen LogP contribution in [0.2, 0.25) is 5.02 Å². The largest absolute Gasteiger partial charge is 0.324 e. The Bertz CT molecular complexity index is 901. The smallest absolute Gasteiger partial charge is 0.246 e. The van der Waals surface area contributed by atoms with Crippen molar-refractivity contribution in [3.8, 4) is 0 Å². The van der Waals surface area contributed by atoms with Gasteiger partial charge in [0, 0.05) is 10.7 Å². The van der Waals surface area contributed by atoms with Gasteiger partial charge in [0.1, 0.15) is 12.1 Å². The Morgan fingerprint density at radius 2 is 1.96 bits per heavy atom. The van der Waals surface area contributed by atoms with Crippen molar-refractivity contribution in [2.75, 3.05) is 5.32 Å². The zero-order chi connectivity index (χ0) is 16.6. The van der Waals surface area contributed by atoms with Crippen molar-refractivity contribution in [1.29, 1.82) is 0 Å². The summed E-state index contributed by atoms with van der Waals surface area (Å²) in [6.45, 7) is 6.03. The summed E-state index contributed by atoms with van der Waals surface area (Å²) in [4.78, 5) is 12.3. The Hall–Kier alpha value is -2.40. The topological polar surface area (TPSA) is 59.8 Å². The summed E-state index contributed by atoms with van der Waals surface area (Å²) in [7, 11) is 0. The van der Waals surface area contributed by atoms with Gasteiger partial charge in [0.15, 0.2) is 0 Å². The third-order valence-electron chi connectivity index (χ3n) is 3.96. The fraction of sp³-hybridized carbons (Fsp3) is 0.235. The Balaban J connectivity index is 1.83. The molecule has 3 aromatic rings. The van der Waals surface area contributed by atoms with Gasteiger partial charge < -0.3 is 5.32 Å². The van der Waals surface area contributed by atoms with E-state index < -0.39 is 0 Å². The number of hydrogen-bond acceptors (Lipinski definition) is 3. The maximum absolute atomic E-state index is 12.3. The van der Waals surface area contributed by atoms with E-state index in [9.17, 15) is 4.79 Å². The molecule has 1 aromatic heterocycles. The fourth-order valence-electron chi connectivity index (χ4n) is 2.41. The van der Waals surface area contributed by atoms with Gasteiger partial charge in [-0.3, -0.25) is 4.79 Å². The number of rotatable bonds is 3. The number of aromatic nitrogens is 3. The number of carbonyl (C=O) groups is 1. The summed E-state index contributed by atoms with van der Waals surface area (Å²) >= 11 is 6.07. The monoisotopic (exact) mass is 328 g/mol. The molecule has 3 rings (SSSR count). The minimum Gasteiger partial charge on any atom is -0.324 e. The Morgan fingerprint density at radius 3 is 2.74 bits per heavy atom. The second-order valence-corrected chi connectivity index (χ2v) is 6.04. The third kappa shape index (κ3) is 3.05. The first-order valence-corrected chi connectivity index (χ1v) is 7.69. The second-order valence-electron chi connectivity index (χ2n) is 5.63. The van der Waals surface area contributed by atoms with Crippen LogP contribution >= 0.6 is 11.6 Å². The molecule has 0 unspecified atom stereocenters. The Labute approximate surface area is 139 Å². The standard InChI is InChI=1S/C17H17ClN4O/c1-10-7-15-16(8-11(10)2)22(21-20-15)9-17(23)19-14-6-4-5-13(18)12(14)3/h4-8H,9H2,1-3H3,(H,19,23). The highest BCUT2D eigenvalue weighted by atomic mass is 35.5. The maximum atomic E-state index is 12.3. The molecule has 1 N–H and O–H groups in total. The second kappa shape index (κ2) is 6.01. The summed E-state index contributed by atoms with van der Waals surface area (Å²) in [6, 6.07) is 9.41. The molecule has 1 amide bonds. The molecule has 2 aromatic carbocycles. The van der Waals surface area contributed by atoms with E-state index in [0.717, 1.165) is 27.7 Å². The van der Waals surface area contributed by atoms with E-state index in [0.29, 0.717) is 10.7 Å². The maximum Gasteiger partial charge on any atom is 0.246 e. The third-order valence-corrected chi connectivity index (χ3v) is 4.37. The summed E-state index contributed by atoms with van der Waals surface area (Å²) in [5, 5.41) is 11.7. The molecule has 0 aliphatic rings. The van der Waals surface area contributed by atoms with Crippen molar-refractivity contribution in [2.45, 2.75) is 27.3 Å². The minimum atomic E-state index is -0.166. The van der Waals surface area contributed by atoms with Gasteiger partial charge in [-0.05, 0) is 61.7 Å². The minimum absolute atomic E-state index is 0.102. The summed E-state index contributed by atoms with van der Waals surface area (Å²) < 4.78 is 1.61. The Morgan fingerprint density at radius 1 is 1.22 bits per heavy atom. The average Bonchev–Trinajstić information content (AvgIpc) is 2.86. The van der Waals surface area contributed by atoms with Gasteiger partial charge in [-0.25, -0.2) is 4.68 Å². The number of benzene rings is 2. The molecule has 0 spiro atoms. The van der Waals surface area contributed by atoms with Crippen molar-refractivity contribution in [1.82, 2.24) is 15.0 Å². The molecule has 0 aliphatic heterocycles. The lowest BCUT2D eigenvalue weighted by molar-refractivity contribution is -0.116. The van der Waals surface area contributed by atoms with Crippen molar-refractivity contribution >= 4 is 34.2 Å². The molecule has 1 heterocycles. The molecule has 0 fully saturated rings. The number of halogens is 1. The number of aryl methyl sites for hydroxylation is 2. The van der Waals surface area contributed by atoms with Crippen molar-refractivity contribution in [3.05, 3.63) is 52.0 Å². The van der Waals surface area contributed by atoms with Crippen LogP contribution in [0, 0.1) is 20.8 Å². The zero-order valence-corrected chi connectivity index (χ0v) is 14.0. The van der Waals surface area contributed by atoms with Crippen molar-refractivity contribution < 1.29 is 4.79 Å². The van der Waals surface area contributed by atoms with Crippen molar-refractivity contribution in [2.24, 2.45) is 0 Å². The lowest BCUT2D eigenvalue weighted by atomic mass is 10.1. The molecule has 0 bridgehead atoms. The van der Waals surface area contributed by atoms with E-state index in [1.54, 1.807) is 10.7 Å². The number of nitrogens with one attached hydrogen (secondary N) is 1. The number of hydrogen-bond donors (Lipinski definition) is 1. The highest BCUT2D eigenvalue weighted by Crippen LogP contribution is 2.23. The quantitative estimate of drug-likeness (QED) is 0.798. The molecule has 0 atom stereocenters. The first-order chi connectivity index (χ1) is 11.0. The number of nitrogens with zero attached hydrogens (tertiary/aromatic N) is 3. The molecule has 0 saturated heterocycles. The van der Waals surface area contributed by atoms with Crippen molar-refractivity contribution in [3.63, 3.8) is 0 Å². The Kier molecular flexibility index (Phi) is 4.05. The predicted octanol–water partition coefficient (Wildman–Crippen LogP) is 3.65. The van der Waals surface area contributed by atoms with Gasteiger partial charge in [-0.1, -0.05) is 22.9 Å². The van der Waals surface area contributed by atoms with Gasteiger partial charge in [-0.15, -0.1) is 5.10 Å². The molecule has 0 radical (unpaired) electrons. The predicted molar refractivity (Wildman–Crippen MR) is 91.8 cm³/mol. The lowest BCUT2D eigenvalue weighted by Crippen LogP contribution is -2.20. The number of carbonyl (C=O) groups excluding carboxylic acids is 1. The first-order valence-electron chi connectivity index (χ1n) is 7.31. The number of amides is 1. The number of anilines is 1. The highest BCUT2D eigenvalue weighted by molar-refractivity contribution is 6.31. The van der Waals surface area contributed by atoms with E-state index >= 15 is 0 Å². The van der Waals surface area contributed by atoms with Gasteiger partial charge in [0.2, 0.25) is 5.91 Å². The summed E-state index contributed by atoms with van der Waals surface area (Å²) in [5.74, 6) is -0.166. The van der Waals surface area contributed by atoms with Crippen LogP contribution < -0.4 is 5.32 Å². The summed E-state index contributed by atoms with van der Waals surface area (Å²) in [5.41, 5.74) is 5.50. The molecule has 5 nitrogen and oxygen atoms in total. The van der Waals surface area contributed by atoms with E-state index in [1.165, 1.54) is 0 Å². The van der Waals surface area contributed by atoms with Gasteiger partial charge in [0.25, 0.3) is 0 Å². The molecule has 6 heteroatoms.